The van der Waals surface area contributed by atoms with E-state index in [-0.39, 0.29) is 11.4 Å². The van der Waals surface area contributed by atoms with Gasteiger partial charge in [0.1, 0.15) is 11.9 Å². The molecule has 0 bridgehead atoms. The summed E-state index contributed by atoms with van der Waals surface area (Å²) in [7, 11) is 0. The number of carbonyl (C=O) groups excluding carboxylic acids is 1. The molecule has 0 heterocycles. The zero-order valence-corrected chi connectivity index (χ0v) is 12.0. The molecule has 1 atom stereocenters. The van der Waals surface area contributed by atoms with Gasteiger partial charge in [0.15, 0.2) is 0 Å². The molecule has 7 heteroatoms. The van der Waals surface area contributed by atoms with Crippen LogP contribution in [0.1, 0.15) is 13.8 Å². The number of rotatable bonds is 6. The van der Waals surface area contributed by atoms with Gasteiger partial charge in [0, 0.05) is 4.75 Å². The highest BCUT2D eigenvalue weighted by Gasteiger charge is 2.33. The van der Waals surface area contributed by atoms with Crippen LogP contribution in [0.2, 0.25) is 0 Å². The number of aliphatic carboxylic acids is 1. The molecule has 1 amide bonds. The number of para-hydroxylation sites is 1. The maximum absolute atomic E-state index is 13.3. The van der Waals surface area contributed by atoms with Crippen molar-refractivity contribution in [3.63, 3.8) is 0 Å². The molecule has 5 nitrogen and oxygen atoms in total. The van der Waals surface area contributed by atoms with Crippen molar-refractivity contribution in [3.05, 3.63) is 30.1 Å². The van der Waals surface area contributed by atoms with Gasteiger partial charge in [-0.2, -0.15) is 0 Å². The molecule has 1 aromatic carbocycles. The Bertz CT molecular complexity index is 508. The third-order valence-corrected chi connectivity index (χ3v) is 4.14. The molecule has 0 saturated heterocycles. The number of carbonyl (C=O) groups is 2. The van der Waals surface area contributed by atoms with Gasteiger partial charge in [-0.15, -0.1) is 11.8 Å². The molecule has 4 N–H and O–H groups in total. The van der Waals surface area contributed by atoms with E-state index in [1.165, 1.54) is 18.2 Å². The van der Waals surface area contributed by atoms with Crippen molar-refractivity contribution in [1.29, 1.82) is 0 Å². The minimum atomic E-state index is -1.13. The Morgan fingerprint density at radius 3 is 2.60 bits per heavy atom. The van der Waals surface area contributed by atoms with Gasteiger partial charge in [-0.3, -0.25) is 9.59 Å². The fourth-order valence-corrected chi connectivity index (χ4v) is 2.24. The number of anilines is 1. The second-order valence-electron chi connectivity index (χ2n) is 4.74. The molecule has 0 aromatic heterocycles. The zero-order chi connectivity index (χ0) is 15.3. The number of hydrogen-bond acceptors (Lipinski definition) is 4. The van der Waals surface area contributed by atoms with Gasteiger partial charge in [0.05, 0.1) is 11.4 Å². The SMILES string of the molecule is CC(C)(SCC(=O)Nc1ccccc1F)[C@H](N)C(=O)O. The smallest absolute Gasteiger partial charge is 0.321 e. The average molecular weight is 300 g/mol. The molecule has 0 saturated carbocycles. The molecule has 0 aliphatic heterocycles. The minimum Gasteiger partial charge on any atom is -0.480 e. The van der Waals surface area contributed by atoms with Crippen molar-refractivity contribution in [3.8, 4) is 0 Å². The van der Waals surface area contributed by atoms with Crippen LogP contribution in [0.4, 0.5) is 10.1 Å². The first-order valence-electron chi connectivity index (χ1n) is 5.91. The summed E-state index contributed by atoms with van der Waals surface area (Å²) in [5.41, 5.74) is 5.64. The number of carboxylic acid groups (broad SMARTS) is 1. The van der Waals surface area contributed by atoms with Crippen LogP contribution in [0, 0.1) is 5.82 Å². The minimum absolute atomic E-state index is 0.0116. The number of benzene rings is 1. The normalized spacial score (nSPS) is 12.8. The van der Waals surface area contributed by atoms with Crippen LogP contribution >= 0.6 is 11.8 Å². The van der Waals surface area contributed by atoms with E-state index < -0.39 is 28.5 Å². The number of hydrogen-bond donors (Lipinski definition) is 3. The third-order valence-electron chi connectivity index (χ3n) is 2.74. The molecule has 0 unspecified atom stereocenters. The van der Waals surface area contributed by atoms with Gasteiger partial charge in [-0.1, -0.05) is 12.1 Å². The molecule has 20 heavy (non-hydrogen) atoms. The first kappa shape index (κ1) is 16.5. The summed E-state index contributed by atoms with van der Waals surface area (Å²) in [4.78, 5) is 22.6. The van der Waals surface area contributed by atoms with Crippen molar-refractivity contribution < 1.29 is 19.1 Å². The number of halogens is 1. The van der Waals surface area contributed by atoms with Crippen LogP contribution in [-0.4, -0.2) is 33.5 Å². The quantitative estimate of drug-likeness (QED) is 0.743. The highest BCUT2D eigenvalue weighted by atomic mass is 32.2. The highest BCUT2D eigenvalue weighted by Crippen LogP contribution is 2.27. The third kappa shape index (κ3) is 4.50. The predicted octanol–water partition coefficient (Wildman–Crippen LogP) is 1.69. The summed E-state index contributed by atoms with van der Waals surface area (Å²) < 4.78 is 12.5. The molecule has 1 aromatic rings. The van der Waals surface area contributed by atoms with E-state index in [1.807, 2.05) is 0 Å². The van der Waals surface area contributed by atoms with Crippen molar-refractivity contribution in [2.75, 3.05) is 11.1 Å². The van der Waals surface area contributed by atoms with Gasteiger partial charge < -0.3 is 16.2 Å². The Morgan fingerprint density at radius 2 is 2.05 bits per heavy atom. The fourth-order valence-electron chi connectivity index (χ4n) is 1.39. The van der Waals surface area contributed by atoms with Gasteiger partial charge >= 0.3 is 5.97 Å². The van der Waals surface area contributed by atoms with Crippen LogP contribution in [0.5, 0.6) is 0 Å². The molecule has 0 aliphatic carbocycles. The number of carboxylic acids is 1. The molecule has 110 valence electrons. The van der Waals surface area contributed by atoms with Crippen molar-refractivity contribution in [1.82, 2.24) is 0 Å². The zero-order valence-electron chi connectivity index (χ0n) is 11.2. The monoisotopic (exact) mass is 300 g/mol. The highest BCUT2D eigenvalue weighted by molar-refractivity contribution is 8.01. The molecule has 1 rings (SSSR count). The topological polar surface area (TPSA) is 92.4 Å². The van der Waals surface area contributed by atoms with Gasteiger partial charge in [-0.05, 0) is 26.0 Å². The van der Waals surface area contributed by atoms with E-state index in [9.17, 15) is 14.0 Å². The lowest BCUT2D eigenvalue weighted by Gasteiger charge is -2.27. The fraction of sp³-hybridized carbons (Fsp3) is 0.385. The first-order valence-corrected chi connectivity index (χ1v) is 6.89. The maximum Gasteiger partial charge on any atom is 0.321 e. The Balaban J connectivity index is 2.56. The van der Waals surface area contributed by atoms with Crippen LogP contribution in [0.15, 0.2) is 24.3 Å². The summed E-state index contributed by atoms with van der Waals surface area (Å²) in [6.07, 6.45) is 0. The van der Waals surface area contributed by atoms with Gasteiger partial charge in [0.25, 0.3) is 0 Å². The number of amides is 1. The lowest BCUT2D eigenvalue weighted by atomic mass is 10.1. The predicted molar refractivity (Wildman–Crippen MR) is 77.2 cm³/mol. The molecule has 0 radical (unpaired) electrons. The molecule has 0 fully saturated rings. The Hall–Kier alpha value is -1.60. The van der Waals surface area contributed by atoms with Gasteiger partial charge in [-0.25, -0.2) is 4.39 Å². The second kappa shape index (κ2) is 6.71. The van der Waals surface area contributed by atoms with E-state index in [0.29, 0.717) is 0 Å². The lowest BCUT2D eigenvalue weighted by Crippen LogP contribution is -2.47. The summed E-state index contributed by atoms with van der Waals surface area (Å²) in [6.45, 7) is 3.29. The van der Waals surface area contributed by atoms with Crippen molar-refractivity contribution in [2.45, 2.75) is 24.6 Å². The van der Waals surface area contributed by atoms with E-state index in [4.69, 9.17) is 10.8 Å². The van der Waals surface area contributed by atoms with Crippen LogP contribution < -0.4 is 11.1 Å². The summed E-state index contributed by atoms with van der Waals surface area (Å²) in [5, 5.41) is 11.3. The summed E-state index contributed by atoms with van der Waals surface area (Å²) >= 11 is 1.11. The molecule has 0 aliphatic rings. The number of thioether (sulfide) groups is 1. The maximum atomic E-state index is 13.3. The average Bonchev–Trinajstić information content (AvgIpc) is 2.38. The van der Waals surface area contributed by atoms with Crippen LogP contribution in [0.3, 0.4) is 0 Å². The van der Waals surface area contributed by atoms with Gasteiger partial charge in [0.2, 0.25) is 5.91 Å². The Morgan fingerprint density at radius 1 is 1.45 bits per heavy atom. The van der Waals surface area contributed by atoms with E-state index >= 15 is 0 Å². The number of nitrogens with one attached hydrogen (secondary N) is 1. The first-order chi connectivity index (χ1) is 9.24. The van der Waals surface area contributed by atoms with Crippen molar-refractivity contribution >= 4 is 29.3 Å². The lowest BCUT2D eigenvalue weighted by molar-refractivity contribution is -0.139. The summed E-state index contributed by atoms with van der Waals surface area (Å²) in [6, 6.07) is 4.73. The largest absolute Gasteiger partial charge is 0.480 e. The summed E-state index contributed by atoms with van der Waals surface area (Å²) in [5.74, 6) is -2.07. The number of nitrogens with two attached hydrogens (primary N) is 1. The molecule has 0 spiro atoms. The van der Waals surface area contributed by atoms with Crippen LogP contribution in [-0.2, 0) is 9.59 Å². The van der Waals surface area contributed by atoms with Crippen LogP contribution in [0.25, 0.3) is 0 Å². The molecular formula is C13H17FN2O3S. The Labute approximate surface area is 120 Å². The van der Waals surface area contributed by atoms with E-state index in [2.05, 4.69) is 5.32 Å². The van der Waals surface area contributed by atoms with Crippen molar-refractivity contribution in [2.24, 2.45) is 5.73 Å². The molecular weight excluding hydrogens is 283 g/mol. The Kier molecular flexibility index (Phi) is 5.52. The van der Waals surface area contributed by atoms with E-state index in [1.54, 1.807) is 19.9 Å². The van der Waals surface area contributed by atoms with E-state index in [0.717, 1.165) is 11.8 Å². The standard InChI is InChI=1S/C13H17FN2O3S/c1-13(2,11(15)12(18)19)20-7-10(17)16-9-6-4-3-5-8(9)14/h3-6,11H,7,15H2,1-2H3,(H,16,17)(H,18,19)/t11-/m1/s1. The second-order valence-corrected chi connectivity index (χ2v) is 6.37.